The van der Waals surface area contributed by atoms with Gasteiger partial charge in [-0.05, 0) is 37.5 Å². The summed E-state index contributed by atoms with van der Waals surface area (Å²) in [6, 6.07) is 3.64. The van der Waals surface area contributed by atoms with Crippen molar-refractivity contribution in [2.75, 3.05) is 33.9 Å². The number of nitrogens with one attached hydrogen (secondary N) is 1. The normalized spacial score (nSPS) is 16.7. The van der Waals surface area contributed by atoms with Crippen LogP contribution in [0.2, 0.25) is 0 Å². The SMILES string of the molecule is COc1cc(C)c(C(=O)N2CCC(c3nnc4n3CCNC4)CC2)cc1OC.Cl. The average molecular weight is 422 g/mol. The van der Waals surface area contributed by atoms with Gasteiger partial charge < -0.3 is 24.3 Å². The van der Waals surface area contributed by atoms with Gasteiger partial charge in [-0.15, -0.1) is 22.6 Å². The Hall–Kier alpha value is -2.32. The van der Waals surface area contributed by atoms with Crippen molar-refractivity contribution in [3.8, 4) is 11.5 Å². The summed E-state index contributed by atoms with van der Waals surface area (Å²) in [6.07, 6.45) is 1.81. The van der Waals surface area contributed by atoms with E-state index < -0.39 is 0 Å². The zero-order valence-corrected chi connectivity index (χ0v) is 17.9. The maximum Gasteiger partial charge on any atom is 0.254 e. The lowest BCUT2D eigenvalue weighted by Gasteiger charge is -2.32. The van der Waals surface area contributed by atoms with E-state index in [2.05, 4.69) is 20.1 Å². The molecule has 2 aliphatic rings. The summed E-state index contributed by atoms with van der Waals surface area (Å²) in [6.45, 7) is 6.02. The Morgan fingerprint density at radius 3 is 2.48 bits per heavy atom. The summed E-state index contributed by atoms with van der Waals surface area (Å²) < 4.78 is 12.9. The van der Waals surface area contributed by atoms with Gasteiger partial charge in [-0.3, -0.25) is 4.79 Å². The van der Waals surface area contributed by atoms with Crippen molar-refractivity contribution in [2.45, 2.75) is 38.8 Å². The first-order chi connectivity index (χ1) is 13.6. The predicted octanol–water partition coefficient (Wildman–Crippen LogP) is 2.15. The quantitative estimate of drug-likeness (QED) is 0.814. The number of aromatic nitrogens is 3. The molecule has 1 amide bonds. The second-order valence-electron chi connectivity index (χ2n) is 7.39. The molecule has 4 rings (SSSR count). The molecule has 0 radical (unpaired) electrons. The Kier molecular flexibility index (Phi) is 6.64. The van der Waals surface area contributed by atoms with Gasteiger partial charge in [0.1, 0.15) is 11.6 Å². The molecule has 2 aromatic rings. The Labute approximate surface area is 177 Å². The van der Waals surface area contributed by atoms with Crippen LogP contribution in [0.15, 0.2) is 12.1 Å². The summed E-state index contributed by atoms with van der Waals surface area (Å²) in [5.41, 5.74) is 1.56. The molecule has 0 saturated carbocycles. The molecular weight excluding hydrogens is 394 g/mol. The number of piperidine rings is 1. The number of fused-ring (bicyclic) bond motifs is 1. The molecule has 0 spiro atoms. The van der Waals surface area contributed by atoms with Gasteiger partial charge >= 0.3 is 0 Å². The molecule has 1 aromatic heterocycles. The van der Waals surface area contributed by atoms with E-state index in [1.165, 1.54) is 0 Å². The van der Waals surface area contributed by atoms with E-state index in [1.54, 1.807) is 20.3 Å². The summed E-state index contributed by atoms with van der Waals surface area (Å²) in [5, 5.41) is 12.1. The van der Waals surface area contributed by atoms with Gasteiger partial charge in [-0.2, -0.15) is 0 Å². The summed E-state index contributed by atoms with van der Waals surface area (Å²) >= 11 is 0. The molecular formula is C20H28ClN5O3. The number of carbonyl (C=O) groups excluding carboxylic acids is 1. The summed E-state index contributed by atoms with van der Waals surface area (Å²) in [4.78, 5) is 15.0. The third kappa shape index (κ3) is 4.04. The fourth-order valence-corrected chi connectivity index (χ4v) is 4.14. The minimum absolute atomic E-state index is 0. The van der Waals surface area contributed by atoms with Crippen LogP contribution >= 0.6 is 12.4 Å². The molecule has 158 valence electrons. The molecule has 2 aliphatic heterocycles. The van der Waals surface area contributed by atoms with Crippen molar-refractivity contribution >= 4 is 18.3 Å². The van der Waals surface area contributed by atoms with Crippen LogP contribution < -0.4 is 14.8 Å². The number of carbonyl (C=O) groups is 1. The van der Waals surface area contributed by atoms with Crippen LogP contribution in [0.4, 0.5) is 0 Å². The molecule has 0 unspecified atom stereocenters. The Bertz CT molecular complexity index is 877. The molecule has 9 heteroatoms. The van der Waals surface area contributed by atoms with Crippen LogP contribution in [0.3, 0.4) is 0 Å². The predicted molar refractivity (Wildman–Crippen MR) is 111 cm³/mol. The Morgan fingerprint density at radius 1 is 1.10 bits per heavy atom. The highest BCUT2D eigenvalue weighted by molar-refractivity contribution is 5.96. The largest absolute Gasteiger partial charge is 0.493 e. The molecule has 0 aliphatic carbocycles. The number of hydrogen-bond donors (Lipinski definition) is 1. The van der Waals surface area contributed by atoms with Crippen molar-refractivity contribution in [1.29, 1.82) is 0 Å². The van der Waals surface area contributed by atoms with E-state index in [0.717, 1.165) is 62.8 Å². The van der Waals surface area contributed by atoms with Gasteiger partial charge in [0.2, 0.25) is 0 Å². The number of aryl methyl sites for hydroxylation is 1. The third-order valence-electron chi connectivity index (χ3n) is 5.76. The maximum atomic E-state index is 13.1. The van der Waals surface area contributed by atoms with E-state index in [1.807, 2.05) is 17.9 Å². The first kappa shape index (κ1) is 21.4. The first-order valence-corrected chi connectivity index (χ1v) is 9.77. The van der Waals surface area contributed by atoms with Crippen LogP contribution in [-0.4, -0.2) is 59.4 Å². The second-order valence-corrected chi connectivity index (χ2v) is 7.39. The number of rotatable bonds is 4. The fraction of sp³-hybridized carbons (Fsp3) is 0.550. The number of ether oxygens (including phenoxy) is 2. The Balaban J connectivity index is 0.00000240. The van der Waals surface area contributed by atoms with Crippen LogP contribution in [0.1, 0.15) is 46.3 Å². The molecule has 1 fully saturated rings. The molecule has 1 saturated heterocycles. The number of likely N-dealkylation sites (tertiary alicyclic amines) is 1. The standard InChI is InChI=1S/C20H27N5O3.ClH/c1-13-10-16(27-2)17(28-3)11-15(13)20(26)24-7-4-14(5-8-24)19-23-22-18-12-21-6-9-25(18)19;/h10-11,14,21H,4-9,12H2,1-3H3;1H. The molecule has 29 heavy (non-hydrogen) atoms. The van der Waals surface area contributed by atoms with Crippen molar-refractivity contribution < 1.29 is 14.3 Å². The zero-order chi connectivity index (χ0) is 19.7. The van der Waals surface area contributed by atoms with Crippen LogP contribution in [0.25, 0.3) is 0 Å². The van der Waals surface area contributed by atoms with Crippen LogP contribution in [0.5, 0.6) is 11.5 Å². The topological polar surface area (TPSA) is 81.5 Å². The first-order valence-electron chi connectivity index (χ1n) is 9.77. The molecule has 1 N–H and O–H groups in total. The second kappa shape index (κ2) is 9.00. The van der Waals surface area contributed by atoms with E-state index in [9.17, 15) is 4.79 Å². The van der Waals surface area contributed by atoms with E-state index in [4.69, 9.17) is 9.47 Å². The van der Waals surface area contributed by atoms with Crippen molar-refractivity contribution in [3.05, 3.63) is 34.9 Å². The van der Waals surface area contributed by atoms with E-state index >= 15 is 0 Å². The molecule has 0 bridgehead atoms. The number of amides is 1. The minimum atomic E-state index is 0. The maximum absolute atomic E-state index is 13.1. The summed E-state index contributed by atoms with van der Waals surface area (Å²) in [5.74, 6) is 3.71. The Morgan fingerprint density at radius 2 is 1.79 bits per heavy atom. The van der Waals surface area contributed by atoms with E-state index in [-0.39, 0.29) is 18.3 Å². The number of hydrogen-bond acceptors (Lipinski definition) is 6. The smallest absolute Gasteiger partial charge is 0.254 e. The van der Waals surface area contributed by atoms with Gasteiger partial charge in [0.05, 0.1) is 20.8 Å². The zero-order valence-electron chi connectivity index (χ0n) is 17.1. The lowest BCUT2D eigenvalue weighted by atomic mass is 9.94. The van der Waals surface area contributed by atoms with Gasteiger partial charge in [0.25, 0.3) is 5.91 Å². The van der Waals surface area contributed by atoms with Gasteiger partial charge in [0.15, 0.2) is 11.5 Å². The van der Waals surface area contributed by atoms with Crippen molar-refractivity contribution in [2.24, 2.45) is 0 Å². The van der Waals surface area contributed by atoms with Gasteiger partial charge in [-0.25, -0.2) is 0 Å². The van der Waals surface area contributed by atoms with Gasteiger partial charge in [-0.1, -0.05) is 0 Å². The molecule has 3 heterocycles. The highest BCUT2D eigenvalue weighted by Gasteiger charge is 2.30. The molecule has 0 atom stereocenters. The number of methoxy groups -OCH3 is 2. The fourth-order valence-electron chi connectivity index (χ4n) is 4.14. The monoisotopic (exact) mass is 421 g/mol. The summed E-state index contributed by atoms with van der Waals surface area (Å²) in [7, 11) is 3.19. The number of halogens is 1. The van der Waals surface area contributed by atoms with Crippen LogP contribution in [-0.2, 0) is 13.1 Å². The highest BCUT2D eigenvalue weighted by atomic mass is 35.5. The minimum Gasteiger partial charge on any atom is -0.493 e. The number of nitrogens with zero attached hydrogens (tertiary/aromatic N) is 4. The lowest BCUT2D eigenvalue weighted by Crippen LogP contribution is -2.39. The van der Waals surface area contributed by atoms with Crippen molar-refractivity contribution in [3.63, 3.8) is 0 Å². The third-order valence-corrected chi connectivity index (χ3v) is 5.76. The number of benzene rings is 1. The van der Waals surface area contributed by atoms with E-state index in [0.29, 0.717) is 23.0 Å². The van der Waals surface area contributed by atoms with Crippen molar-refractivity contribution in [1.82, 2.24) is 25.0 Å². The average Bonchev–Trinajstić information content (AvgIpc) is 3.17. The van der Waals surface area contributed by atoms with Gasteiger partial charge in [0, 0.05) is 37.7 Å². The molecule has 8 nitrogen and oxygen atoms in total. The lowest BCUT2D eigenvalue weighted by molar-refractivity contribution is 0.0709. The molecule has 1 aromatic carbocycles. The van der Waals surface area contributed by atoms with Crippen LogP contribution in [0, 0.1) is 6.92 Å². The highest BCUT2D eigenvalue weighted by Crippen LogP contribution is 2.33.